The van der Waals surface area contributed by atoms with E-state index in [-0.39, 0.29) is 5.41 Å². The Morgan fingerprint density at radius 3 is 2.36 bits per heavy atom. The lowest BCUT2D eigenvalue weighted by Crippen LogP contribution is -2.18. The number of hydrogen-bond donors (Lipinski definition) is 0. The molecule has 0 saturated carbocycles. The Hall–Kier alpha value is -1.02. The highest BCUT2D eigenvalue weighted by Gasteiger charge is 2.23. The molecule has 0 heterocycles. The van der Waals surface area contributed by atoms with Gasteiger partial charge in [0.25, 0.3) is 0 Å². The molecule has 0 aromatic heterocycles. The second-order valence-electron chi connectivity index (χ2n) is 6.85. The van der Waals surface area contributed by atoms with E-state index >= 15 is 0 Å². The second kappa shape index (κ2) is 9.19. The topological polar surface area (TPSA) is 18.5 Å². The van der Waals surface area contributed by atoms with E-state index in [1.165, 1.54) is 17.5 Å². The highest BCUT2D eigenvalue weighted by Crippen LogP contribution is 2.36. The van der Waals surface area contributed by atoms with Crippen LogP contribution in [0.4, 0.5) is 0 Å². The summed E-state index contributed by atoms with van der Waals surface area (Å²) in [4.78, 5) is 0. The summed E-state index contributed by atoms with van der Waals surface area (Å²) in [6, 6.07) is 6.76. The van der Waals surface area contributed by atoms with Gasteiger partial charge in [0, 0.05) is 19.3 Å². The largest absolute Gasteiger partial charge is 0.493 e. The molecule has 0 saturated heterocycles. The predicted molar refractivity (Wildman–Crippen MR) is 95.1 cm³/mol. The van der Waals surface area contributed by atoms with Crippen LogP contribution in [0.2, 0.25) is 0 Å². The van der Waals surface area contributed by atoms with Gasteiger partial charge in [0.1, 0.15) is 5.75 Å². The maximum absolute atomic E-state index is 6.08. The average molecular weight is 306 g/mol. The van der Waals surface area contributed by atoms with E-state index in [1.807, 2.05) is 0 Å². The van der Waals surface area contributed by atoms with Crippen molar-refractivity contribution in [2.24, 2.45) is 0 Å². The monoisotopic (exact) mass is 306 g/mol. The average Bonchev–Trinajstić information content (AvgIpc) is 2.53. The zero-order valence-corrected chi connectivity index (χ0v) is 15.4. The van der Waals surface area contributed by atoms with Crippen molar-refractivity contribution in [3.8, 4) is 5.75 Å². The molecule has 0 amide bonds. The first-order valence-electron chi connectivity index (χ1n) is 8.72. The number of hydrogen-bond acceptors (Lipinski definition) is 2. The van der Waals surface area contributed by atoms with Crippen molar-refractivity contribution in [2.45, 2.75) is 71.6 Å². The van der Waals surface area contributed by atoms with Gasteiger partial charge in [-0.3, -0.25) is 0 Å². The molecule has 126 valence electrons. The van der Waals surface area contributed by atoms with Crippen LogP contribution in [-0.4, -0.2) is 20.3 Å². The van der Waals surface area contributed by atoms with Crippen LogP contribution in [0.1, 0.15) is 77.3 Å². The molecule has 1 atom stereocenters. The van der Waals surface area contributed by atoms with Crippen molar-refractivity contribution in [1.29, 1.82) is 0 Å². The molecular formula is C20H34O2. The van der Waals surface area contributed by atoms with Crippen LogP contribution in [0.3, 0.4) is 0 Å². The van der Waals surface area contributed by atoms with Gasteiger partial charge >= 0.3 is 0 Å². The molecule has 0 radical (unpaired) electrons. The third-order valence-corrected chi connectivity index (χ3v) is 4.80. The molecule has 0 aliphatic heterocycles. The van der Waals surface area contributed by atoms with Gasteiger partial charge in [0.05, 0.1) is 6.61 Å². The summed E-state index contributed by atoms with van der Waals surface area (Å²) < 4.78 is 11.2. The van der Waals surface area contributed by atoms with E-state index in [9.17, 15) is 0 Å². The number of methoxy groups -OCH3 is 1. The Bertz CT molecular complexity index is 437. The SMILES string of the molecule is CCC(C)c1ccc(OCCCCOC)c(C(C)(C)CC)c1. The molecule has 1 unspecified atom stereocenters. The van der Waals surface area contributed by atoms with Crippen molar-refractivity contribution in [3.63, 3.8) is 0 Å². The predicted octanol–water partition coefficient (Wildman–Crippen LogP) is 5.69. The Balaban J connectivity index is 2.90. The molecule has 2 nitrogen and oxygen atoms in total. The standard InChI is InChI=1S/C20H34O2/c1-7-16(3)17-11-12-19(22-14-10-9-13-21-6)18(15-17)20(4,5)8-2/h11-12,15-16H,7-10,13-14H2,1-6H3. The fourth-order valence-electron chi connectivity index (χ4n) is 2.47. The molecule has 0 bridgehead atoms. The molecule has 0 spiro atoms. The molecule has 0 aliphatic rings. The summed E-state index contributed by atoms with van der Waals surface area (Å²) in [5.74, 6) is 1.65. The molecule has 0 aliphatic carbocycles. The van der Waals surface area contributed by atoms with Crippen LogP contribution < -0.4 is 4.74 Å². The van der Waals surface area contributed by atoms with Gasteiger partial charge in [-0.05, 0) is 48.6 Å². The van der Waals surface area contributed by atoms with Crippen molar-refractivity contribution in [2.75, 3.05) is 20.3 Å². The van der Waals surface area contributed by atoms with E-state index in [0.717, 1.165) is 38.2 Å². The van der Waals surface area contributed by atoms with Gasteiger partial charge in [-0.15, -0.1) is 0 Å². The quantitative estimate of drug-likeness (QED) is 0.517. The normalized spacial score (nSPS) is 13.2. The molecule has 1 rings (SSSR count). The lowest BCUT2D eigenvalue weighted by molar-refractivity contribution is 0.183. The summed E-state index contributed by atoms with van der Waals surface area (Å²) >= 11 is 0. The van der Waals surface area contributed by atoms with Gasteiger partial charge in [-0.2, -0.15) is 0 Å². The number of unbranched alkanes of at least 4 members (excludes halogenated alkanes) is 1. The Morgan fingerprint density at radius 2 is 1.77 bits per heavy atom. The smallest absolute Gasteiger partial charge is 0.123 e. The number of ether oxygens (including phenoxy) is 2. The van der Waals surface area contributed by atoms with E-state index in [2.05, 4.69) is 52.8 Å². The van der Waals surface area contributed by atoms with Crippen LogP contribution in [0.25, 0.3) is 0 Å². The Morgan fingerprint density at radius 1 is 1.09 bits per heavy atom. The molecule has 22 heavy (non-hydrogen) atoms. The molecule has 1 aromatic rings. The van der Waals surface area contributed by atoms with Gasteiger partial charge in [0.15, 0.2) is 0 Å². The molecule has 2 heteroatoms. The van der Waals surface area contributed by atoms with Crippen molar-refractivity contribution < 1.29 is 9.47 Å². The summed E-state index contributed by atoms with van der Waals surface area (Å²) in [7, 11) is 1.75. The minimum absolute atomic E-state index is 0.144. The first-order valence-corrected chi connectivity index (χ1v) is 8.72. The van der Waals surface area contributed by atoms with Gasteiger partial charge in [-0.1, -0.05) is 46.8 Å². The van der Waals surface area contributed by atoms with E-state index in [0.29, 0.717) is 5.92 Å². The molecular weight excluding hydrogens is 272 g/mol. The first-order chi connectivity index (χ1) is 10.5. The summed E-state index contributed by atoms with van der Waals surface area (Å²) in [6.45, 7) is 13.0. The highest BCUT2D eigenvalue weighted by molar-refractivity contribution is 5.43. The third kappa shape index (κ3) is 5.31. The minimum atomic E-state index is 0.144. The van der Waals surface area contributed by atoms with Crippen molar-refractivity contribution >= 4 is 0 Å². The summed E-state index contributed by atoms with van der Waals surface area (Å²) in [5.41, 5.74) is 2.91. The maximum atomic E-state index is 6.08. The molecule has 0 fully saturated rings. The highest BCUT2D eigenvalue weighted by atomic mass is 16.5. The van der Waals surface area contributed by atoms with E-state index < -0.39 is 0 Å². The van der Waals surface area contributed by atoms with Crippen LogP contribution in [-0.2, 0) is 10.2 Å². The zero-order valence-electron chi connectivity index (χ0n) is 15.4. The van der Waals surface area contributed by atoms with Gasteiger partial charge in [0.2, 0.25) is 0 Å². The second-order valence-corrected chi connectivity index (χ2v) is 6.85. The molecule has 0 N–H and O–H groups in total. The van der Waals surface area contributed by atoms with Crippen LogP contribution in [0.5, 0.6) is 5.75 Å². The first kappa shape index (κ1) is 19.0. The maximum Gasteiger partial charge on any atom is 0.123 e. The molecule has 1 aromatic carbocycles. The number of rotatable bonds is 10. The van der Waals surface area contributed by atoms with Crippen LogP contribution >= 0.6 is 0 Å². The van der Waals surface area contributed by atoms with Crippen LogP contribution in [0.15, 0.2) is 18.2 Å². The third-order valence-electron chi connectivity index (χ3n) is 4.80. The van der Waals surface area contributed by atoms with E-state index in [1.54, 1.807) is 7.11 Å². The fraction of sp³-hybridized carbons (Fsp3) is 0.700. The minimum Gasteiger partial charge on any atom is -0.493 e. The van der Waals surface area contributed by atoms with Crippen LogP contribution in [0, 0.1) is 0 Å². The lowest BCUT2D eigenvalue weighted by atomic mass is 9.80. The van der Waals surface area contributed by atoms with Gasteiger partial charge < -0.3 is 9.47 Å². The van der Waals surface area contributed by atoms with Crippen molar-refractivity contribution in [3.05, 3.63) is 29.3 Å². The van der Waals surface area contributed by atoms with Gasteiger partial charge in [-0.25, -0.2) is 0 Å². The Kier molecular flexibility index (Phi) is 7.95. The fourth-order valence-corrected chi connectivity index (χ4v) is 2.47. The number of benzene rings is 1. The van der Waals surface area contributed by atoms with E-state index in [4.69, 9.17) is 9.47 Å². The van der Waals surface area contributed by atoms with Crippen molar-refractivity contribution in [1.82, 2.24) is 0 Å². The summed E-state index contributed by atoms with van der Waals surface area (Å²) in [6.07, 6.45) is 4.36. The zero-order chi connectivity index (χ0) is 16.6. The lowest BCUT2D eigenvalue weighted by Gasteiger charge is -2.27. The summed E-state index contributed by atoms with van der Waals surface area (Å²) in [5, 5.41) is 0. The Labute approximate surface area is 137 Å².